The quantitative estimate of drug-likeness (QED) is 0.511. The van der Waals surface area contributed by atoms with Crippen molar-refractivity contribution in [2.24, 2.45) is 0 Å². The molecule has 2 heterocycles. The van der Waals surface area contributed by atoms with Gasteiger partial charge in [-0.25, -0.2) is 9.78 Å². The van der Waals surface area contributed by atoms with E-state index in [0.29, 0.717) is 11.2 Å². The highest BCUT2D eigenvalue weighted by atomic mass is 32.1. The van der Waals surface area contributed by atoms with Gasteiger partial charge in [0.25, 0.3) is 5.56 Å². The van der Waals surface area contributed by atoms with E-state index in [2.05, 4.69) is 0 Å². The van der Waals surface area contributed by atoms with Crippen LogP contribution in [0.5, 0.6) is 0 Å². The standard InChI is InChI=1S/C25H28N2O3S/c1-16(25(29)30-18-12-6-3-7-13-18)27-22(17-10-4-2-5-11-17)26-23-21(24(27)28)19-14-8-9-15-20(19)31-23/h2,4-5,10-11,16,18H,3,6-9,12-15H2,1H3. The number of hydrogen-bond donors (Lipinski definition) is 0. The van der Waals surface area contributed by atoms with Crippen LogP contribution in [0.15, 0.2) is 35.1 Å². The third-order valence-corrected chi connectivity index (χ3v) is 7.80. The van der Waals surface area contributed by atoms with Crippen LogP contribution >= 0.6 is 11.3 Å². The molecule has 0 radical (unpaired) electrons. The Balaban J connectivity index is 1.63. The first kappa shape index (κ1) is 20.4. The summed E-state index contributed by atoms with van der Waals surface area (Å²) < 4.78 is 7.41. The first-order valence-corrected chi connectivity index (χ1v) is 12.3. The summed E-state index contributed by atoms with van der Waals surface area (Å²) in [5, 5.41) is 0.705. The lowest BCUT2D eigenvalue weighted by Gasteiger charge is -2.25. The van der Waals surface area contributed by atoms with Gasteiger partial charge in [-0.2, -0.15) is 0 Å². The highest BCUT2D eigenvalue weighted by Gasteiger charge is 2.29. The Labute approximate surface area is 186 Å². The zero-order chi connectivity index (χ0) is 21.4. The third kappa shape index (κ3) is 3.82. The maximum absolute atomic E-state index is 13.8. The predicted molar refractivity (Wildman–Crippen MR) is 124 cm³/mol. The molecule has 2 aromatic heterocycles. The van der Waals surface area contributed by atoms with Gasteiger partial charge in [-0.3, -0.25) is 9.36 Å². The van der Waals surface area contributed by atoms with E-state index in [1.54, 1.807) is 22.8 Å². The van der Waals surface area contributed by atoms with Crippen molar-refractivity contribution in [3.63, 3.8) is 0 Å². The molecule has 162 valence electrons. The Morgan fingerprint density at radius 2 is 1.84 bits per heavy atom. The fourth-order valence-corrected chi connectivity index (χ4v) is 6.17. The summed E-state index contributed by atoms with van der Waals surface area (Å²) in [6, 6.07) is 8.96. The van der Waals surface area contributed by atoms with Crippen molar-refractivity contribution in [1.29, 1.82) is 0 Å². The van der Waals surface area contributed by atoms with Gasteiger partial charge in [0.05, 0.1) is 5.39 Å². The molecule has 5 nitrogen and oxygen atoms in total. The lowest BCUT2D eigenvalue weighted by molar-refractivity contribution is -0.154. The lowest BCUT2D eigenvalue weighted by atomic mass is 9.97. The van der Waals surface area contributed by atoms with Crippen LogP contribution in [0, 0.1) is 0 Å². The summed E-state index contributed by atoms with van der Waals surface area (Å²) in [5.74, 6) is 0.209. The largest absolute Gasteiger partial charge is 0.461 e. The summed E-state index contributed by atoms with van der Waals surface area (Å²) >= 11 is 1.64. The minimum Gasteiger partial charge on any atom is -0.461 e. The molecule has 2 aliphatic carbocycles. The molecule has 3 aromatic rings. The Morgan fingerprint density at radius 1 is 1.10 bits per heavy atom. The van der Waals surface area contributed by atoms with Gasteiger partial charge in [-0.15, -0.1) is 11.3 Å². The summed E-state index contributed by atoms with van der Waals surface area (Å²) in [7, 11) is 0. The van der Waals surface area contributed by atoms with Gasteiger partial charge in [0.15, 0.2) is 0 Å². The first-order chi connectivity index (χ1) is 15.1. The molecule has 5 rings (SSSR count). The van der Waals surface area contributed by atoms with E-state index in [-0.39, 0.29) is 17.6 Å². The maximum Gasteiger partial charge on any atom is 0.329 e. The van der Waals surface area contributed by atoms with Gasteiger partial charge in [0.2, 0.25) is 0 Å². The molecule has 0 aliphatic heterocycles. The number of hydrogen-bond acceptors (Lipinski definition) is 5. The van der Waals surface area contributed by atoms with E-state index < -0.39 is 6.04 Å². The topological polar surface area (TPSA) is 61.2 Å². The molecular weight excluding hydrogens is 408 g/mol. The molecule has 1 atom stereocenters. The number of ether oxygens (including phenoxy) is 1. The molecule has 1 unspecified atom stereocenters. The fourth-order valence-electron chi connectivity index (χ4n) is 4.92. The second-order valence-corrected chi connectivity index (χ2v) is 9.82. The number of fused-ring (bicyclic) bond motifs is 3. The van der Waals surface area contributed by atoms with E-state index >= 15 is 0 Å². The smallest absolute Gasteiger partial charge is 0.329 e. The van der Waals surface area contributed by atoms with Gasteiger partial charge in [0.1, 0.15) is 22.8 Å². The van der Waals surface area contributed by atoms with Gasteiger partial charge in [0, 0.05) is 10.4 Å². The monoisotopic (exact) mass is 436 g/mol. The van der Waals surface area contributed by atoms with Gasteiger partial charge in [-0.1, -0.05) is 36.8 Å². The van der Waals surface area contributed by atoms with E-state index in [0.717, 1.165) is 67.3 Å². The van der Waals surface area contributed by atoms with Crippen molar-refractivity contribution in [3.05, 3.63) is 51.1 Å². The van der Waals surface area contributed by atoms with Crippen LogP contribution in [-0.2, 0) is 22.4 Å². The second kappa shape index (κ2) is 8.58. The SMILES string of the molecule is CC(C(=O)OC1CCCCC1)n1c(-c2ccccc2)nc2sc3c(c2c1=O)CCCC3. The van der Waals surface area contributed by atoms with E-state index in [1.807, 2.05) is 30.3 Å². The van der Waals surface area contributed by atoms with E-state index in [4.69, 9.17) is 9.72 Å². The van der Waals surface area contributed by atoms with Crippen molar-refractivity contribution in [2.75, 3.05) is 0 Å². The van der Waals surface area contributed by atoms with Crippen LogP contribution in [0.4, 0.5) is 0 Å². The number of benzene rings is 1. The summed E-state index contributed by atoms with van der Waals surface area (Å²) in [4.78, 5) is 33.9. The Morgan fingerprint density at radius 3 is 2.61 bits per heavy atom. The molecule has 31 heavy (non-hydrogen) atoms. The van der Waals surface area contributed by atoms with Crippen molar-refractivity contribution in [3.8, 4) is 11.4 Å². The van der Waals surface area contributed by atoms with Crippen LogP contribution in [0.25, 0.3) is 21.6 Å². The summed E-state index contributed by atoms with van der Waals surface area (Å²) in [5.41, 5.74) is 1.87. The zero-order valence-corrected chi connectivity index (χ0v) is 18.7. The molecule has 0 N–H and O–H groups in total. The fraction of sp³-hybridized carbons (Fsp3) is 0.480. The number of nitrogens with zero attached hydrogens (tertiary/aromatic N) is 2. The van der Waals surface area contributed by atoms with Crippen molar-refractivity contribution in [2.45, 2.75) is 76.9 Å². The molecule has 1 fully saturated rings. The minimum atomic E-state index is -0.722. The average molecular weight is 437 g/mol. The minimum absolute atomic E-state index is 0.0369. The van der Waals surface area contributed by atoms with E-state index in [9.17, 15) is 9.59 Å². The number of carbonyl (C=O) groups is 1. The number of esters is 1. The first-order valence-electron chi connectivity index (χ1n) is 11.5. The van der Waals surface area contributed by atoms with Crippen molar-refractivity contribution >= 4 is 27.5 Å². The number of rotatable bonds is 4. The van der Waals surface area contributed by atoms with Crippen LogP contribution in [0.1, 0.15) is 68.4 Å². The number of thiophene rings is 1. The van der Waals surface area contributed by atoms with Crippen LogP contribution < -0.4 is 5.56 Å². The summed E-state index contributed by atoms with van der Waals surface area (Å²) in [6.45, 7) is 1.77. The second-order valence-electron chi connectivity index (χ2n) is 8.74. The number of carbonyl (C=O) groups excluding carboxylic acids is 1. The molecule has 2 aliphatic rings. The van der Waals surface area contributed by atoms with Crippen LogP contribution in [0.3, 0.4) is 0 Å². The van der Waals surface area contributed by atoms with Crippen LogP contribution in [0.2, 0.25) is 0 Å². The molecule has 0 amide bonds. The average Bonchev–Trinajstić information content (AvgIpc) is 3.18. The normalized spacial score (nSPS) is 18.0. The number of aromatic nitrogens is 2. The Hall–Kier alpha value is -2.47. The molecule has 6 heteroatoms. The van der Waals surface area contributed by atoms with Gasteiger partial charge >= 0.3 is 5.97 Å². The predicted octanol–water partition coefficient (Wildman–Crippen LogP) is 5.44. The molecule has 0 spiro atoms. The zero-order valence-electron chi connectivity index (χ0n) is 17.9. The highest BCUT2D eigenvalue weighted by Crippen LogP contribution is 2.35. The summed E-state index contributed by atoms with van der Waals surface area (Å²) in [6.07, 6.45) is 9.35. The lowest BCUT2D eigenvalue weighted by Crippen LogP contribution is -2.33. The van der Waals surface area contributed by atoms with E-state index in [1.165, 1.54) is 11.3 Å². The molecule has 1 saturated carbocycles. The molecule has 0 saturated heterocycles. The van der Waals surface area contributed by atoms with Crippen molar-refractivity contribution in [1.82, 2.24) is 9.55 Å². The highest BCUT2D eigenvalue weighted by molar-refractivity contribution is 7.18. The van der Waals surface area contributed by atoms with Gasteiger partial charge in [-0.05, 0) is 63.9 Å². The third-order valence-electron chi connectivity index (χ3n) is 6.62. The maximum atomic E-state index is 13.8. The van der Waals surface area contributed by atoms with Crippen molar-refractivity contribution < 1.29 is 9.53 Å². The Kier molecular flexibility index (Phi) is 5.65. The number of aryl methyl sites for hydroxylation is 2. The Bertz CT molecular complexity index is 1160. The van der Waals surface area contributed by atoms with Gasteiger partial charge < -0.3 is 4.74 Å². The van der Waals surface area contributed by atoms with Crippen LogP contribution in [-0.4, -0.2) is 21.6 Å². The molecule has 0 bridgehead atoms. The molecule has 1 aromatic carbocycles. The molecular formula is C25H28N2O3S.